The minimum atomic E-state index is -3.59. The van der Waals surface area contributed by atoms with Crippen molar-refractivity contribution in [1.82, 2.24) is 4.72 Å². The van der Waals surface area contributed by atoms with Crippen LogP contribution in [0.1, 0.15) is 18.9 Å². The Morgan fingerprint density at radius 2 is 2.12 bits per heavy atom. The van der Waals surface area contributed by atoms with E-state index in [9.17, 15) is 8.42 Å². The van der Waals surface area contributed by atoms with Gasteiger partial charge in [-0.2, -0.15) is 0 Å². The molecule has 0 fully saturated rings. The van der Waals surface area contributed by atoms with Crippen molar-refractivity contribution in [1.29, 1.82) is 0 Å². The Morgan fingerprint density at radius 1 is 1.47 bits per heavy atom. The highest BCUT2D eigenvalue weighted by molar-refractivity contribution is 9.10. The first-order valence-electron chi connectivity index (χ1n) is 5.30. The summed E-state index contributed by atoms with van der Waals surface area (Å²) in [7, 11) is -3.59. The maximum atomic E-state index is 12.0. The highest BCUT2D eigenvalue weighted by Gasteiger charge is 2.20. The molecule has 0 bridgehead atoms. The van der Waals surface area contributed by atoms with Crippen molar-refractivity contribution in [2.24, 2.45) is 0 Å². The predicted octanol–water partition coefficient (Wildman–Crippen LogP) is 1.81. The van der Waals surface area contributed by atoms with Gasteiger partial charge in [-0.05, 0) is 47.0 Å². The monoisotopic (exact) mass is 321 g/mol. The van der Waals surface area contributed by atoms with E-state index in [1.54, 1.807) is 18.2 Å². The lowest BCUT2D eigenvalue weighted by Gasteiger charge is -2.15. The molecule has 0 aliphatic carbocycles. The summed E-state index contributed by atoms with van der Waals surface area (Å²) in [6, 6.07) is 4.58. The van der Waals surface area contributed by atoms with Gasteiger partial charge in [0, 0.05) is 10.5 Å². The predicted molar refractivity (Wildman–Crippen MR) is 70.4 cm³/mol. The van der Waals surface area contributed by atoms with Crippen LogP contribution in [0.3, 0.4) is 0 Å². The van der Waals surface area contributed by atoms with Gasteiger partial charge in [-0.3, -0.25) is 0 Å². The lowest BCUT2D eigenvalue weighted by atomic mass is 10.2. The Bertz CT molecular complexity index is 483. The molecule has 2 N–H and O–H groups in total. The van der Waals surface area contributed by atoms with Gasteiger partial charge in [-0.15, -0.1) is 0 Å². The second-order valence-electron chi connectivity index (χ2n) is 3.84. The second-order valence-corrected chi connectivity index (χ2v) is 6.38. The molecule has 0 amide bonds. The van der Waals surface area contributed by atoms with Crippen LogP contribution in [0.2, 0.25) is 0 Å². The molecule has 1 rings (SSSR count). The molecular weight excluding hydrogens is 306 g/mol. The third kappa shape index (κ3) is 3.77. The summed E-state index contributed by atoms with van der Waals surface area (Å²) >= 11 is 3.24. The maximum absolute atomic E-state index is 12.0. The van der Waals surface area contributed by atoms with Gasteiger partial charge in [0.25, 0.3) is 0 Å². The highest BCUT2D eigenvalue weighted by Crippen LogP contribution is 2.23. The summed E-state index contributed by atoms with van der Waals surface area (Å²) in [6.07, 6.45) is 0.541. The number of aryl methyl sites for hydroxylation is 1. The molecule has 0 unspecified atom stereocenters. The number of benzene rings is 1. The van der Waals surface area contributed by atoms with Crippen LogP contribution < -0.4 is 4.72 Å². The fourth-order valence-corrected chi connectivity index (χ4v) is 3.86. The molecule has 0 aromatic heterocycles. The first-order valence-corrected chi connectivity index (χ1v) is 7.57. The summed E-state index contributed by atoms with van der Waals surface area (Å²) in [4.78, 5) is 0.190. The zero-order valence-electron chi connectivity index (χ0n) is 9.77. The van der Waals surface area contributed by atoms with E-state index in [0.717, 1.165) is 5.56 Å². The van der Waals surface area contributed by atoms with E-state index in [0.29, 0.717) is 10.9 Å². The topological polar surface area (TPSA) is 66.4 Å². The van der Waals surface area contributed by atoms with Crippen molar-refractivity contribution in [3.8, 4) is 0 Å². The van der Waals surface area contributed by atoms with Crippen molar-refractivity contribution in [3.05, 3.63) is 28.2 Å². The van der Waals surface area contributed by atoms with E-state index < -0.39 is 16.1 Å². The van der Waals surface area contributed by atoms with Crippen molar-refractivity contribution < 1.29 is 13.5 Å². The zero-order chi connectivity index (χ0) is 13.1. The summed E-state index contributed by atoms with van der Waals surface area (Å²) < 4.78 is 27.1. The molecule has 6 heteroatoms. The third-order valence-corrected chi connectivity index (χ3v) is 4.91. The normalized spacial score (nSPS) is 13.6. The van der Waals surface area contributed by atoms with E-state index in [2.05, 4.69) is 20.7 Å². The van der Waals surface area contributed by atoms with Gasteiger partial charge in [-0.25, -0.2) is 13.1 Å². The molecule has 0 heterocycles. The Kier molecular flexibility index (Phi) is 5.12. The molecule has 17 heavy (non-hydrogen) atoms. The largest absolute Gasteiger partial charge is 0.395 e. The molecule has 0 saturated carbocycles. The van der Waals surface area contributed by atoms with Crippen LogP contribution in [0, 0.1) is 6.92 Å². The number of hydrogen-bond donors (Lipinski definition) is 2. The fraction of sp³-hybridized carbons (Fsp3) is 0.455. The van der Waals surface area contributed by atoms with Crippen LogP contribution in [0.4, 0.5) is 0 Å². The molecule has 1 aromatic carbocycles. The van der Waals surface area contributed by atoms with E-state index >= 15 is 0 Å². The van der Waals surface area contributed by atoms with Gasteiger partial charge in [0.2, 0.25) is 10.0 Å². The highest BCUT2D eigenvalue weighted by atomic mass is 79.9. The molecule has 4 nitrogen and oxygen atoms in total. The molecule has 1 aromatic rings. The van der Waals surface area contributed by atoms with E-state index in [4.69, 9.17) is 5.11 Å². The van der Waals surface area contributed by atoms with Crippen LogP contribution in [0.5, 0.6) is 0 Å². The van der Waals surface area contributed by atoms with Crippen LogP contribution in [0.15, 0.2) is 27.6 Å². The Labute approximate surface area is 110 Å². The number of aliphatic hydroxyl groups excluding tert-OH is 1. The summed E-state index contributed by atoms with van der Waals surface area (Å²) in [5.74, 6) is 0. The molecule has 0 saturated heterocycles. The maximum Gasteiger partial charge on any atom is 0.242 e. The zero-order valence-corrected chi connectivity index (χ0v) is 12.2. The number of hydrogen-bond acceptors (Lipinski definition) is 3. The first kappa shape index (κ1) is 14.6. The van der Waals surface area contributed by atoms with Gasteiger partial charge < -0.3 is 5.11 Å². The molecule has 1 atom stereocenters. The molecule has 0 aliphatic heterocycles. The smallest absolute Gasteiger partial charge is 0.242 e. The quantitative estimate of drug-likeness (QED) is 0.869. The number of nitrogens with one attached hydrogen (secondary N) is 1. The average Bonchev–Trinajstić information content (AvgIpc) is 2.25. The summed E-state index contributed by atoms with van der Waals surface area (Å²) in [6.45, 7) is 3.49. The average molecular weight is 322 g/mol. The molecule has 0 radical (unpaired) electrons. The molecule has 96 valence electrons. The van der Waals surface area contributed by atoms with Gasteiger partial charge in [-0.1, -0.05) is 13.0 Å². The van der Waals surface area contributed by atoms with Crippen molar-refractivity contribution in [3.63, 3.8) is 0 Å². The van der Waals surface area contributed by atoms with Crippen molar-refractivity contribution in [2.75, 3.05) is 6.61 Å². The van der Waals surface area contributed by atoms with Gasteiger partial charge >= 0.3 is 0 Å². The summed E-state index contributed by atoms with van der Waals surface area (Å²) in [5.41, 5.74) is 0.977. The molecular formula is C11H16BrNO3S. The Balaban J connectivity index is 3.05. The number of sulfonamides is 1. The Morgan fingerprint density at radius 3 is 2.59 bits per heavy atom. The second kappa shape index (κ2) is 5.95. The summed E-state index contributed by atoms with van der Waals surface area (Å²) in [5, 5.41) is 9.01. The van der Waals surface area contributed by atoms with E-state index in [1.807, 2.05) is 13.8 Å². The van der Waals surface area contributed by atoms with E-state index in [1.165, 1.54) is 0 Å². The third-order valence-electron chi connectivity index (χ3n) is 2.41. The molecule has 0 aliphatic rings. The van der Waals surface area contributed by atoms with Gasteiger partial charge in [0.15, 0.2) is 0 Å². The fourth-order valence-electron chi connectivity index (χ4n) is 1.36. The van der Waals surface area contributed by atoms with Gasteiger partial charge in [0.05, 0.1) is 11.5 Å². The van der Waals surface area contributed by atoms with Crippen molar-refractivity contribution >= 4 is 26.0 Å². The lowest BCUT2D eigenvalue weighted by Crippen LogP contribution is -2.37. The van der Waals surface area contributed by atoms with Gasteiger partial charge in [0.1, 0.15) is 0 Å². The van der Waals surface area contributed by atoms with Crippen LogP contribution in [-0.4, -0.2) is 26.2 Å². The number of rotatable bonds is 5. The first-order chi connectivity index (χ1) is 7.90. The van der Waals surface area contributed by atoms with E-state index in [-0.39, 0.29) is 11.5 Å². The SMILES string of the molecule is CC[C@@H](CO)NS(=O)(=O)c1ccc(C)cc1Br. The number of aliphatic hydroxyl groups is 1. The number of halogens is 1. The Hall–Kier alpha value is -0.430. The minimum Gasteiger partial charge on any atom is -0.395 e. The van der Waals surface area contributed by atoms with Crippen LogP contribution in [0.25, 0.3) is 0 Å². The van der Waals surface area contributed by atoms with Crippen LogP contribution >= 0.6 is 15.9 Å². The molecule has 0 spiro atoms. The standard InChI is InChI=1S/C11H16BrNO3S/c1-3-9(7-14)13-17(15,16)11-5-4-8(2)6-10(11)12/h4-6,9,13-14H,3,7H2,1-2H3/t9-/m0/s1. The lowest BCUT2D eigenvalue weighted by molar-refractivity contribution is 0.254. The minimum absolute atomic E-state index is 0.190. The van der Waals surface area contributed by atoms with Crippen LogP contribution in [-0.2, 0) is 10.0 Å². The van der Waals surface area contributed by atoms with Crippen molar-refractivity contribution in [2.45, 2.75) is 31.2 Å².